The molecule has 0 aliphatic heterocycles. The number of nitrogens with one attached hydrogen (secondary N) is 1. The molecule has 6 nitrogen and oxygen atoms in total. The standard InChI is InChI=1S/C18H15ClFN5O/c1-12-16(10-22-23-18(26)14-3-2-8-21-9-14)17(19)25(24-12)11-13-4-6-15(20)7-5-13/h2-10H,11H2,1H3,(H,23,26)/b22-10+. The molecule has 0 radical (unpaired) electrons. The van der Waals surface area contributed by atoms with Crippen LogP contribution in [0, 0.1) is 12.7 Å². The monoisotopic (exact) mass is 371 g/mol. The lowest BCUT2D eigenvalue weighted by Crippen LogP contribution is -2.17. The lowest BCUT2D eigenvalue weighted by atomic mass is 10.2. The Morgan fingerprint density at radius 3 is 2.81 bits per heavy atom. The van der Waals surface area contributed by atoms with Crippen LogP contribution in [-0.4, -0.2) is 26.9 Å². The number of amides is 1. The Morgan fingerprint density at radius 1 is 1.35 bits per heavy atom. The molecular formula is C18H15ClFN5O. The van der Waals surface area contributed by atoms with Gasteiger partial charge in [-0.15, -0.1) is 0 Å². The summed E-state index contributed by atoms with van der Waals surface area (Å²) in [4.78, 5) is 15.8. The van der Waals surface area contributed by atoms with Crippen molar-refractivity contribution in [3.63, 3.8) is 0 Å². The molecular weight excluding hydrogens is 357 g/mol. The summed E-state index contributed by atoms with van der Waals surface area (Å²) in [6, 6.07) is 9.41. The van der Waals surface area contributed by atoms with Crippen molar-refractivity contribution in [2.45, 2.75) is 13.5 Å². The average molecular weight is 372 g/mol. The van der Waals surface area contributed by atoms with Crippen LogP contribution in [0.25, 0.3) is 0 Å². The fourth-order valence-corrected chi connectivity index (χ4v) is 2.58. The molecule has 2 heterocycles. The van der Waals surface area contributed by atoms with Gasteiger partial charge in [0, 0.05) is 12.4 Å². The van der Waals surface area contributed by atoms with E-state index in [2.05, 4.69) is 20.6 Å². The van der Waals surface area contributed by atoms with Gasteiger partial charge in [-0.3, -0.25) is 9.78 Å². The van der Waals surface area contributed by atoms with Crippen molar-refractivity contribution in [3.05, 3.63) is 82.1 Å². The molecule has 0 unspecified atom stereocenters. The first-order chi connectivity index (χ1) is 12.5. The molecule has 0 spiro atoms. The van der Waals surface area contributed by atoms with E-state index in [1.165, 1.54) is 24.5 Å². The normalized spacial score (nSPS) is 11.0. The van der Waals surface area contributed by atoms with Gasteiger partial charge in [-0.1, -0.05) is 23.7 Å². The number of hydrogen-bond donors (Lipinski definition) is 1. The minimum Gasteiger partial charge on any atom is -0.267 e. The van der Waals surface area contributed by atoms with E-state index in [0.29, 0.717) is 28.5 Å². The predicted octanol–water partition coefficient (Wildman–Crippen LogP) is 3.19. The lowest BCUT2D eigenvalue weighted by molar-refractivity contribution is 0.0955. The zero-order valence-corrected chi connectivity index (χ0v) is 14.6. The number of benzene rings is 1. The van der Waals surface area contributed by atoms with E-state index >= 15 is 0 Å². The van der Waals surface area contributed by atoms with Gasteiger partial charge < -0.3 is 0 Å². The minimum atomic E-state index is -0.373. The van der Waals surface area contributed by atoms with Crippen molar-refractivity contribution in [1.29, 1.82) is 0 Å². The Labute approximate surface area is 154 Å². The van der Waals surface area contributed by atoms with Crippen molar-refractivity contribution < 1.29 is 9.18 Å². The van der Waals surface area contributed by atoms with E-state index in [9.17, 15) is 9.18 Å². The number of pyridine rings is 1. The topological polar surface area (TPSA) is 72.2 Å². The summed E-state index contributed by atoms with van der Waals surface area (Å²) in [6.45, 7) is 2.19. The van der Waals surface area contributed by atoms with Gasteiger partial charge in [0.25, 0.3) is 5.91 Å². The highest BCUT2D eigenvalue weighted by Crippen LogP contribution is 2.19. The Bertz CT molecular complexity index is 938. The first kappa shape index (κ1) is 17.8. The fraction of sp³-hybridized carbons (Fsp3) is 0.111. The van der Waals surface area contributed by atoms with Crippen LogP contribution >= 0.6 is 11.6 Å². The highest BCUT2D eigenvalue weighted by molar-refractivity contribution is 6.32. The lowest BCUT2D eigenvalue weighted by Gasteiger charge is -2.03. The maximum atomic E-state index is 13.0. The number of carbonyl (C=O) groups excluding carboxylic acids is 1. The van der Waals surface area contributed by atoms with Gasteiger partial charge >= 0.3 is 0 Å². The fourth-order valence-electron chi connectivity index (χ4n) is 2.30. The molecule has 8 heteroatoms. The second-order valence-electron chi connectivity index (χ2n) is 5.51. The predicted molar refractivity (Wildman–Crippen MR) is 96.8 cm³/mol. The van der Waals surface area contributed by atoms with Crippen LogP contribution in [0.5, 0.6) is 0 Å². The number of aromatic nitrogens is 3. The average Bonchev–Trinajstić information content (AvgIpc) is 2.91. The molecule has 1 aromatic carbocycles. The van der Waals surface area contributed by atoms with Gasteiger partial charge in [-0.2, -0.15) is 10.2 Å². The Morgan fingerprint density at radius 2 is 2.12 bits per heavy atom. The molecule has 0 bridgehead atoms. The van der Waals surface area contributed by atoms with E-state index in [0.717, 1.165) is 5.56 Å². The summed E-state index contributed by atoms with van der Waals surface area (Å²) in [7, 11) is 0. The summed E-state index contributed by atoms with van der Waals surface area (Å²) in [6.07, 6.45) is 4.47. The smallest absolute Gasteiger partial charge is 0.267 e. The van der Waals surface area contributed by atoms with Crippen LogP contribution < -0.4 is 5.43 Å². The van der Waals surface area contributed by atoms with Crippen LogP contribution in [0.3, 0.4) is 0 Å². The van der Waals surface area contributed by atoms with Gasteiger partial charge in [-0.25, -0.2) is 14.5 Å². The minimum absolute atomic E-state index is 0.298. The van der Waals surface area contributed by atoms with Crippen molar-refractivity contribution in [2.75, 3.05) is 0 Å². The first-order valence-corrected chi connectivity index (χ1v) is 8.13. The van der Waals surface area contributed by atoms with Gasteiger partial charge in [0.05, 0.1) is 29.6 Å². The molecule has 3 aromatic rings. The van der Waals surface area contributed by atoms with Gasteiger partial charge in [-0.05, 0) is 36.8 Å². The van der Waals surface area contributed by atoms with Crippen LogP contribution in [-0.2, 0) is 6.54 Å². The van der Waals surface area contributed by atoms with Crippen LogP contribution in [0.15, 0.2) is 53.9 Å². The van der Waals surface area contributed by atoms with Crippen LogP contribution in [0.1, 0.15) is 27.2 Å². The zero-order chi connectivity index (χ0) is 18.5. The maximum Gasteiger partial charge on any atom is 0.272 e. The van der Waals surface area contributed by atoms with E-state index in [-0.39, 0.29) is 11.7 Å². The molecule has 1 amide bonds. The summed E-state index contributed by atoms with van der Waals surface area (Å²) in [5, 5.41) is 8.67. The Hall–Kier alpha value is -3.06. The third-order valence-corrected chi connectivity index (χ3v) is 4.04. The molecule has 0 aliphatic carbocycles. The third kappa shape index (κ3) is 4.12. The number of rotatable bonds is 5. The number of hydrazone groups is 1. The van der Waals surface area contributed by atoms with Crippen molar-refractivity contribution >= 4 is 23.7 Å². The SMILES string of the molecule is Cc1nn(Cc2ccc(F)cc2)c(Cl)c1/C=N/NC(=O)c1cccnc1. The molecule has 26 heavy (non-hydrogen) atoms. The van der Waals surface area contributed by atoms with Crippen LogP contribution in [0.2, 0.25) is 5.15 Å². The molecule has 0 aliphatic rings. The molecule has 0 atom stereocenters. The number of halogens is 2. The van der Waals surface area contributed by atoms with Crippen LogP contribution in [0.4, 0.5) is 4.39 Å². The quantitative estimate of drug-likeness (QED) is 0.553. The highest BCUT2D eigenvalue weighted by Gasteiger charge is 2.12. The van der Waals surface area contributed by atoms with Gasteiger partial charge in [0.1, 0.15) is 11.0 Å². The van der Waals surface area contributed by atoms with E-state index in [1.807, 2.05) is 0 Å². The van der Waals surface area contributed by atoms with Crippen molar-refractivity contribution in [2.24, 2.45) is 5.10 Å². The van der Waals surface area contributed by atoms with E-state index in [4.69, 9.17) is 11.6 Å². The summed E-state index contributed by atoms with van der Waals surface area (Å²) in [5.41, 5.74) is 4.95. The number of aryl methyl sites for hydroxylation is 1. The van der Waals surface area contributed by atoms with E-state index in [1.54, 1.807) is 42.1 Å². The van der Waals surface area contributed by atoms with Crippen molar-refractivity contribution in [3.8, 4) is 0 Å². The number of nitrogens with zero attached hydrogens (tertiary/aromatic N) is 4. The Kier molecular flexibility index (Phi) is 5.38. The molecule has 132 valence electrons. The molecule has 1 N–H and O–H groups in total. The molecule has 2 aromatic heterocycles. The van der Waals surface area contributed by atoms with Gasteiger partial charge in [0.2, 0.25) is 0 Å². The number of carbonyl (C=O) groups is 1. The Balaban J connectivity index is 1.71. The maximum absolute atomic E-state index is 13.0. The molecule has 0 saturated heterocycles. The van der Waals surface area contributed by atoms with E-state index < -0.39 is 0 Å². The molecule has 0 fully saturated rings. The first-order valence-electron chi connectivity index (χ1n) is 7.75. The summed E-state index contributed by atoms with van der Waals surface area (Å²) in [5.74, 6) is -0.671. The highest BCUT2D eigenvalue weighted by atomic mass is 35.5. The summed E-state index contributed by atoms with van der Waals surface area (Å²) >= 11 is 6.36. The summed E-state index contributed by atoms with van der Waals surface area (Å²) < 4.78 is 14.6. The molecule has 3 rings (SSSR count). The third-order valence-electron chi connectivity index (χ3n) is 3.64. The van der Waals surface area contributed by atoms with Crippen molar-refractivity contribution in [1.82, 2.24) is 20.2 Å². The van der Waals surface area contributed by atoms with Gasteiger partial charge in [0.15, 0.2) is 0 Å². The second-order valence-corrected chi connectivity index (χ2v) is 5.87. The largest absolute Gasteiger partial charge is 0.272 e. The number of hydrogen-bond acceptors (Lipinski definition) is 4. The zero-order valence-electron chi connectivity index (χ0n) is 13.9. The second kappa shape index (κ2) is 7.88. The molecule has 0 saturated carbocycles.